The second-order valence-electron chi connectivity index (χ2n) is 22.9. The number of allylic oxidation sites excluding steroid dienone is 4. The zero-order valence-electron chi connectivity index (χ0n) is 50.5. The molecule has 0 bridgehead atoms. The second kappa shape index (κ2) is 56.5. The molecule has 2 rings (SSSR count). The average Bonchev–Trinajstić information content (AvgIpc) is 3.42. The fourth-order valence-electron chi connectivity index (χ4n) is 10.8. The Morgan fingerprint density at radius 2 is 0.520 bits per heavy atom. The minimum absolute atomic E-state index is 0. The molecule has 0 saturated heterocycles. The summed E-state index contributed by atoms with van der Waals surface area (Å²) in [7, 11) is 0. The molecule has 0 aliphatic carbocycles. The Bertz CT molecular complexity index is 1620. The van der Waals surface area contributed by atoms with Crippen molar-refractivity contribution in [3.8, 4) is 0 Å². The molecule has 2 aromatic rings. The molecule has 75 heavy (non-hydrogen) atoms. The van der Waals surface area contributed by atoms with Gasteiger partial charge in [0.05, 0.1) is 22.8 Å². The van der Waals surface area contributed by atoms with Crippen molar-refractivity contribution in [2.24, 2.45) is 9.98 Å². The van der Waals surface area contributed by atoms with Crippen molar-refractivity contribution in [2.45, 2.75) is 349 Å². The Hall–Kier alpha value is -2.25. The molecule has 0 unspecified atom stereocenters. The fraction of sp³-hybridized carbons (Fsp3) is 0.750. The molecule has 0 aliphatic rings. The third-order valence-electron chi connectivity index (χ3n) is 15.8. The summed E-state index contributed by atoms with van der Waals surface area (Å²) in [5, 5.41) is 0. The number of hydrogen-bond acceptors (Lipinski definition) is 2. The van der Waals surface area contributed by atoms with Gasteiger partial charge >= 0.3 is 0 Å². The maximum atomic E-state index is 5.55. The van der Waals surface area contributed by atoms with Crippen LogP contribution in [0.2, 0.25) is 0 Å². The van der Waals surface area contributed by atoms with Crippen LogP contribution in [0.15, 0.2) is 82.8 Å². The summed E-state index contributed by atoms with van der Waals surface area (Å²) in [5.41, 5.74) is 7.44. The Balaban J connectivity index is 0.0000281. The van der Waals surface area contributed by atoms with E-state index >= 15 is 0 Å². The number of hydrogen-bond donors (Lipinski definition) is 0. The Kier molecular flexibility index (Phi) is 53.3. The molecule has 0 amide bonds. The standard InChI is InChI=1S/C72H124N2.Ni/c1-5-9-13-16-18-20-22-24-26-28-30-32-34-36-38-40-42-44-46-48-50-52-59-67-61-55-57-64-69(67)73-71(63-12-8-4)72(66-54-15-11-7-3)74-70-65-58-56-62-68(70)60-53-51-49-47-45-43-41-39-37-35-33-31-29-27-25-23-21-19-17-14-10-6-2;/h48-51,55-58,61-62,64-65H,5-47,52-54,59-60,63,66H2,1-4H3;/b50-48+,51-49+,73-71-,74-72+;. The number of rotatable bonds is 55. The quantitative estimate of drug-likeness (QED) is 0.0273. The monoisotopic (exact) mass is 1070 g/mol. The van der Waals surface area contributed by atoms with Crippen LogP contribution in [-0.4, -0.2) is 11.4 Å². The first kappa shape index (κ1) is 70.8. The van der Waals surface area contributed by atoms with Gasteiger partial charge in [-0.2, -0.15) is 0 Å². The molecule has 0 saturated carbocycles. The van der Waals surface area contributed by atoms with Crippen molar-refractivity contribution in [3.05, 3.63) is 84.0 Å². The summed E-state index contributed by atoms with van der Waals surface area (Å²) >= 11 is 0. The molecule has 0 heterocycles. The Morgan fingerprint density at radius 1 is 0.280 bits per heavy atom. The van der Waals surface area contributed by atoms with Gasteiger partial charge in [-0.15, -0.1) is 0 Å². The summed E-state index contributed by atoms with van der Waals surface area (Å²) in [6.07, 6.45) is 77.3. The van der Waals surface area contributed by atoms with Gasteiger partial charge in [0.15, 0.2) is 0 Å². The maximum absolute atomic E-state index is 5.55. The summed E-state index contributed by atoms with van der Waals surface area (Å²) in [5.74, 6) is 0. The van der Waals surface area contributed by atoms with Gasteiger partial charge in [-0.1, -0.05) is 332 Å². The first-order chi connectivity index (χ1) is 36.7. The largest absolute Gasteiger partial charge is 0.251 e. The number of nitrogens with zero attached hydrogens (tertiary/aromatic N) is 2. The predicted molar refractivity (Wildman–Crippen MR) is 337 cm³/mol. The van der Waals surface area contributed by atoms with Crippen molar-refractivity contribution in [2.75, 3.05) is 0 Å². The summed E-state index contributed by atoms with van der Waals surface area (Å²) in [4.78, 5) is 11.1. The molecule has 0 spiro atoms. The van der Waals surface area contributed by atoms with Gasteiger partial charge in [0, 0.05) is 16.5 Å². The fourth-order valence-corrected chi connectivity index (χ4v) is 10.8. The predicted octanol–water partition coefficient (Wildman–Crippen LogP) is 25.5. The van der Waals surface area contributed by atoms with E-state index in [0.29, 0.717) is 0 Å². The normalized spacial score (nSPS) is 12.2. The molecule has 0 fully saturated rings. The number of aryl methyl sites for hydroxylation is 2. The molecule has 3 heteroatoms. The zero-order valence-corrected chi connectivity index (χ0v) is 51.5. The van der Waals surface area contributed by atoms with E-state index in [9.17, 15) is 0 Å². The first-order valence-electron chi connectivity index (χ1n) is 33.3. The number of benzene rings is 2. The van der Waals surface area contributed by atoms with Crippen LogP contribution in [0.1, 0.15) is 347 Å². The van der Waals surface area contributed by atoms with Gasteiger partial charge < -0.3 is 0 Å². The summed E-state index contributed by atoms with van der Waals surface area (Å²) in [6.45, 7) is 9.24. The summed E-state index contributed by atoms with van der Waals surface area (Å²) in [6, 6.07) is 17.9. The van der Waals surface area contributed by atoms with E-state index in [1.165, 1.54) is 292 Å². The van der Waals surface area contributed by atoms with Crippen LogP contribution in [-0.2, 0) is 29.3 Å². The minimum Gasteiger partial charge on any atom is -0.251 e. The molecule has 0 N–H and O–H groups in total. The van der Waals surface area contributed by atoms with Crippen LogP contribution >= 0.6 is 0 Å². The van der Waals surface area contributed by atoms with E-state index in [1.54, 1.807) is 0 Å². The van der Waals surface area contributed by atoms with E-state index in [-0.39, 0.29) is 16.5 Å². The Morgan fingerprint density at radius 3 is 0.827 bits per heavy atom. The molecule has 0 aromatic heterocycles. The molecule has 2 nitrogen and oxygen atoms in total. The van der Waals surface area contributed by atoms with Gasteiger partial charge in [-0.3, -0.25) is 9.98 Å². The van der Waals surface area contributed by atoms with Gasteiger partial charge in [-0.05, 0) is 100 Å². The van der Waals surface area contributed by atoms with Gasteiger partial charge in [0.2, 0.25) is 0 Å². The second-order valence-corrected chi connectivity index (χ2v) is 22.9. The van der Waals surface area contributed by atoms with E-state index in [1.807, 2.05) is 0 Å². The number of unbranched alkanes of at least 4 members (excludes halogenated alkanes) is 40. The first-order valence-corrected chi connectivity index (χ1v) is 33.3. The smallest absolute Gasteiger partial charge is 0.0665 e. The van der Waals surface area contributed by atoms with Crippen LogP contribution in [0.5, 0.6) is 0 Å². The van der Waals surface area contributed by atoms with Crippen molar-refractivity contribution in [3.63, 3.8) is 0 Å². The molecule has 432 valence electrons. The topological polar surface area (TPSA) is 24.7 Å². The van der Waals surface area contributed by atoms with Gasteiger partial charge in [0.1, 0.15) is 0 Å². The zero-order chi connectivity index (χ0) is 52.7. The van der Waals surface area contributed by atoms with Crippen LogP contribution in [0.3, 0.4) is 0 Å². The number of aliphatic imine (C=N–C) groups is 2. The van der Waals surface area contributed by atoms with E-state index < -0.39 is 0 Å². The molecule has 0 aliphatic heterocycles. The maximum Gasteiger partial charge on any atom is 0.0665 e. The van der Waals surface area contributed by atoms with Crippen LogP contribution in [0, 0.1) is 0 Å². The van der Waals surface area contributed by atoms with Crippen LogP contribution in [0.4, 0.5) is 11.4 Å². The minimum atomic E-state index is 0. The van der Waals surface area contributed by atoms with Crippen molar-refractivity contribution in [1.82, 2.24) is 0 Å². The van der Waals surface area contributed by atoms with Crippen molar-refractivity contribution in [1.29, 1.82) is 0 Å². The third kappa shape index (κ3) is 43.3. The molecular formula is C72H124N2Ni. The van der Waals surface area contributed by atoms with Gasteiger partial charge in [0.25, 0.3) is 0 Å². The molecule has 2 aromatic carbocycles. The van der Waals surface area contributed by atoms with Gasteiger partial charge in [-0.25, -0.2) is 0 Å². The van der Waals surface area contributed by atoms with Crippen LogP contribution in [0.25, 0.3) is 0 Å². The van der Waals surface area contributed by atoms with E-state index in [0.717, 1.165) is 62.7 Å². The Labute approximate surface area is 479 Å². The van der Waals surface area contributed by atoms with Crippen molar-refractivity contribution < 1.29 is 16.5 Å². The molecule has 0 atom stereocenters. The summed E-state index contributed by atoms with van der Waals surface area (Å²) < 4.78 is 0. The van der Waals surface area contributed by atoms with Crippen LogP contribution < -0.4 is 0 Å². The molecule has 0 radical (unpaired) electrons. The average molecular weight is 1080 g/mol. The third-order valence-corrected chi connectivity index (χ3v) is 15.8. The molecular weight excluding hydrogens is 951 g/mol. The van der Waals surface area contributed by atoms with E-state index in [2.05, 4.69) is 101 Å². The SMILES string of the molecule is CCCCCCCCCCCCCCCCCCCC/C=C/CCc1ccccc1/N=C(CCCC)\C(CCCCCC)=N\c1ccccc1CC/C=C/CCCCCCCCCCCCCCCCCCCC.[Ni]. The van der Waals surface area contributed by atoms with Crippen molar-refractivity contribution >= 4 is 22.8 Å². The number of para-hydroxylation sites is 2. The van der Waals surface area contributed by atoms with E-state index in [4.69, 9.17) is 9.98 Å².